The number of alkyl halides is 2. The van der Waals surface area contributed by atoms with E-state index in [9.17, 15) is 9.59 Å². The lowest BCUT2D eigenvalue weighted by Crippen LogP contribution is -2.22. The highest BCUT2D eigenvalue weighted by molar-refractivity contribution is 7.18. The molecule has 0 aromatic carbocycles. The summed E-state index contributed by atoms with van der Waals surface area (Å²) in [4.78, 5) is 33.5. The molecule has 0 unspecified atom stereocenters. The van der Waals surface area contributed by atoms with Crippen LogP contribution in [0.25, 0.3) is 10.2 Å². The summed E-state index contributed by atoms with van der Waals surface area (Å²) >= 11 is 13.5. The van der Waals surface area contributed by atoms with Crippen LogP contribution in [0.3, 0.4) is 0 Å². The maximum atomic E-state index is 12.3. The Labute approximate surface area is 146 Å². The first-order valence-corrected chi connectivity index (χ1v) is 8.97. The summed E-state index contributed by atoms with van der Waals surface area (Å²) in [5.41, 5.74) is 0.0777. The summed E-state index contributed by atoms with van der Waals surface area (Å²) < 4.78 is 4.17. The maximum absolute atomic E-state index is 12.3. The first kappa shape index (κ1) is 15.4. The van der Waals surface area contributed by atoms with Crippen molar-refractivity contribution in [3.05, 3.63) is 26.6 Å². The zero-order chi connectivity index (χ0) is 16.4. The highest BCUT2D eigenvalue weighted by Gasteiger charge is 2.69. The quantitative estimate of drug-likeness (QED) is 0.663. The Morgan fingerprint density at radius 2 is 2.17 bits per heavy atom. The van der Waals surface area contributed by atoms with Crippen LogP contribution in [0.15, 0.2) is 4.79 Å². The van der Waals surface area contributed by atoms with Crippen LogP contribution in [0, 0.1) is 5.41 Å². The van der Waals surface area contributed by atoms with Crippen molar-refractivity contribution in [1.29, 1.82) is 0 Å². The number of halogens is 2. The van der Waals surface area contributed by atoms with Gasteiger partial charge >= 0.3 is 5.97 Å². The van der Waals surface area contributed by atoms with Crippen LogP contribution in [0.4, 0.5) is 0 Å². The molecule has 1 saturated carbocycles. The van der Waals surface area contributed by atoms with Crippen molar-refractivity contribution in [2.45, 2.75) is 43.5 Å². The third kappa shape index (κ3) is 2.30. The SMILES string of the molecule is C[C@]1(C(=O)OCc2nc3sc4c(c3c(=O)[nH]2)CCC4)CC1(Cl)Cl. The van der Waals surface area contributed by atoms with Crippen LogP contribution in [0.5, 0.6) is 0 Å². The molecular weight excluding hydrogens is 359 g/mol. The minimum Gasteiger partial charge on any atom is -0.457 e. The van der Waals surface area contributed by atoms with E-state index in [0.29, 0.717) is 22.5 Å². The smallest absolute Gasteiger partial charge is 0.315 e. The molecule has 122 valence electrons. The second kappa shape index (κ2) is 4.94. The highest BCUT2D eigenvalue weighted by atomic mass is 35.5. The molecule has 0 saturated heterocycles. The van der Waals surface area contributed by atoms with Gasteiger partial charge in [0.05, 0.1) is 5.39 Å². The van der Waals surface area contributed by atoms with Gasteiger partial charge in [-0.2, -0.15) is 0 Å². The molecule has 1 N–H and O–H groups in total. The standard InChI is InChI=1S/C15H14Cl2N2O3S/c1-14(6-15(14,16)17)13(21)22-5-9-18-11(20)10-7-3-2-4-8(7)23-12(10)19-9/h2-6H2,1H3,(H,18,19,20)/t14-/m1/s1. The lowest BCUT2D eigenvalue weighted by Gasteiger charge is -2.11. The van der Waals surface area contributed by atoms with Gasteiger partial charge in [-0.25, -0.2) is 4.98 Å². The van der Waals surface area contributed by atoms with Crippen LogP contribution in [0.1, 0.15) is 36.0 Å². The molecule has 1 fully saturated rings. The average molecular weight is 373 g/mol. The van der Waals surface area contributed by atoms with Gasteiger partial charge in [0.25, 0.3) is 5.56 Å². The second-order valence-electron chi connectivity index (χ2n) is 6.34. The van der Waals surface area contributed by atoms with Gasteiger partial charge in [0.15, 0.2) is 0 Å². The zero-order valence-corrected chi connectivity index (χ0v) is 14.7. The van der Waals surface area contributed by atoms with Crippen molar-refractivity contribution in [2.24, 2.45) is 5.41 Å². The van der Waals surface area contributed by atoms with Crippen molar-refractivity contribution in [1.82, 2.24) is 9.97 Å². The number of aromatic amines is 1. The molecule has 0 aliphatic heterocycles. The van der Waals surface area contributed by atoms with E-state index in [1.807, 2.05) is 0 Å². The molecule has 1 atom stereocenters. The molecule has 2 aliphatic carbocycles. The van der Waals surface area contributed by atoms with E-state index in [-0.39, 0.29) is 12.2 Å². The number of aryl methyl sites for hydroxylation is 2. The molecular formula is C15H14Cl2N2O3S. The van der Waals surface area contributed by atoms with Gasteiger partial charge in [-0.3, -0.25) is 9.59 Å². The number of esters is 1. The lowest BCUT2D eigenvalue weighted by atomic mass is 10.1. The first-order chi connectivity index (χ1) is 10.8. The second-order valence-corrected chi connectivity index (χ2v) is 8.91. The van der Waals surface area contributed by atoms with Gasteiger partial charge in [0.1, 0.15) is 27.0 Å². The summed E-state index contributed by atoms with van der Waals surface area (Å²) in [6, 6.07) is 0. The van der Waals surface area contributed by atoms with E-state index in [2.05, 4.69) is 9.97 Å². The monoisotopic (exact) mass is 372 g/mol. The predicted octanol–water partition coefficient (Wildman–Crippen LogP) is 3.10. The van der Waals surface area contributed by atoms with Crippen molar-refractivity contribution in [3.63, 3.8) is 0 Å². The largest absolute Gasteiger partial charge is 0.457 e. The van der Waals surface area contributed by atoms with Crippen molar-refractivity contribution < 1.29 is 9.53 Å². The van der Waals surface area contributed by atoms with Gasteiger partial charge in [-0.15, -0.1) is 34.5 Å². The number of hydrogen-bond acceptors (Lipinski definition) is 5. The number of carbonyl (C=O) groups excluding carboxylic acids is 1. The molecule has 0 amide bonds. The number of aromatic nitrogens is 2. The predicted molar refractivity (Wildman–Crippen MR) is 89.2 cm³/mol. The molecule has 23 heavy (non-hydrogen) atoms. The van der Waals surface area contributed by atoms with Crippen molar-refractivity contribution in [2.75, 3.05) is 0 Å². The van der Waals surface area contributed by atoms with E-state index in [4.69, 9.17) is 27.9 Å². The van der Waals surface area contributed by atoms with Crippen LogP contribution in [-0.2, 0) is 29.0 Å². The van der Waals surface area contributed by atoms with Gasteiger partial charge in [0.2, 0.25) is 0 Å². The third-order valence-electron chi connectivity index (χ3n) is 4.67. The minimum atomic E-state index is -1.07. The number of H-pyrrole nitrogens is 1. The fourth-order valence-electron chi connectivity index (χ4n) is 3.03. The number of nitrogens with one attached hydrogen (secondary N) is 1. The lowest BCUT2D eigenvalue weighted by molar-refractivity contribution is -0.151. The van der Waals surface area contributed by atoms with E-state index in [0.717, 1.165) is 24.8 Å². The summed E-state index contributed by atoms with van der Waals surface area (Å²) in [5, 5.41) is 0.687. The zero-order valence-electron chi connectivity index (χ0n) is 12.4. The summed E-state index contributed by atoms with van der Waals surface area (Å²) in [7, 11) is 0. The van der Waals surface area contributed by atoms with Gasteiger partial charge in [-0.05, 0) is 31.7 Å². The summed E-state index contributed by atoms with van der Waals surface area (Å²) in [6.45, 7) is 1.57. The van der Waals surface area contributed by atoms with Crippen molar-refractivity contribution >= 4 is 50.7 Å². The van der Waals surface area contributed by atoms with Crippen molar-refractivity contribution in [3.8, 4) is 0 Å². The molecule has 0 radical (unpaired) electrons. The molecule has 0 spiro atoms. The number of rotatable bonds is 3. The van der Waals surface area contributed by atoms with Crippen LogP contribution in [0.2, 0.25) is 0 Å². The Hall–Kier alpha value is -1.11. The number of hydrogen-bond donors (Lipinski definition) is 1. The molecule has 0 bridgehead atoms. The highest BCUT2D eigenvalue weighted by Crippen LogP contribution is 2.64. The summed E-state index contributed by atoms with van der Waals surface area (Å²) in [5.74, 6) is -0.131. The number of fused-ring (bicyclic) bond motifs is 3. The molecule has 2 heterocycles. The van der Waals surface area contributed by atoms with E-state index < -0.39 is 15.7 Å². The molecule has 2 aromatic heterocycles. The average Bonchev–Trinajstić information content (AvgIpc) is 2.84. The normalized spacial score (nSPS) is 24.7. The Kier molecular flexibility index (Phi) is 3.31. The van der Waals surface area contributed by atoms with Crippen LogP contribution < -0.4 is 5.56 Å². The number of ether oxygens (including phenoxy) is 1. The number of nitrogens with zero attached hydrogens (tertiary/aromatic N) is 1. The Morgan fingerprint density at radius 3 is 2.87 bits per heavy atom. The molecule has 5 nitrogen and oxygen atoms in total. The Bertz CT molecular complexity index is 889. The summed E-state index contributed by atoms with van der Waals surface area (Å²) in [6.07, 6.45) is 3.39. The molecule has 2 aromatic rings. The van der Waals surface area contributed by atoms with Gasteiger partial charge in [-0.1, -0.05) is 0 Å². The Morgan fingerprint density at radius 1 is 1.43 bits per heavy atom. The fraction of sp³-hybridized carbons (Fsp3) is 0.533. The topological polar surface area (TPSA) is 72.0 Å². The molecule has 2 aliphatic rings. The van der Waals surface area contributed by atoms with E-state index in [1.54, 1.807) is 18.3 Å². The van der Waals surface area contributed by atoms with Crippen LogP contribution >= 0.6 is 34.5 Å². The fourth-order valence-corrected chi connectivity index (χ4v) is 5.00. The number of thiophene rings is 1. The Balaban J connectivity index is 1.57. The third-order valence-corrected chi connectivity index (χ3v) is 6.96. The number of carbonyl (C=O) groups is 1. The first-order valence-electron chi connectivity index (χ1n) is 7.40. The van der Waals surface area contributed by atoms with E-state index >= 15 is 0 Å². The molecule has 4 rings (SSSR count). The molecule has 8 heteroatoms. The van der Waals surface area contributed by atoms with E-state index in [1.165, 1.54) is 4.88 Å². The minimum absolute atomic E-state index is 0.0912. The van der Waals surface area contributed by atoms with Crippen LogP contribution in [-0.4, -0.2) is 20.3 Å². The van der Waals surface area contributed by atoms with Gasteiger partial charge < -0.3 is 9.72 Å². The maximum Gasteiger partial charge on any atom is 0.315 e. The van der Waals surface area contributed by atoms with Gasteiger partial charge in [0, 0.05) is 11.3 Å².